The Morgan fingerprint density at radius 2 is 2.00 bits per heavy atom. The van der Waals surface area contributed by atoms with Crippen molar-refractivity contribution in [1.29, 1.82) is 5.26 Å². The Morgan fingerprint density at radius 3 is 2.78 bits per heavy atom. The summed E-state index contributed by atoms with van der Waals surface area (Å²) >= 11 is 6.03. The van der Waals surface area contributed by atoms with E-state index in [9.17, 15) is 9.65 Å². The van der Waals surface area contributed by atoms with Crippen LogP contribution < -0.4 is 11.5 Å². The molecule has 37 heavy (non-hydrogen) atoms. The number of pyridine rings is 1. The van der Waals surface area contributed by atoms with Gasteiger partial charge in [-0.25, -0.2) is 19.3 Å². The van der Waals surface area contributed by atoms with Gasteiger partial charge >= 0.3 is 0 Å². The minimum absolute atomic E-state index is 0.141. The molecule has 4 heterocycles. The van der Waals surface area contributed by atoms with Crippen molar-refractivity contribution in [3.63, 3.8) is 0 Å². The quantitative estimate of drug-likeness (QED) is 0.399. The highest BCUT2D eigenvalue weighted by Gasteiger charge is 2.62. The lowest BCUT2D eigenvalue weighted by molar-refractivity contribution is -0.165. The molecule has 11 heteroatoms. The number of nitriles is 1. The van der Waals surface area contributed by atoms with Gasteiger partial charge in [-0.1, -0.05) is 11.6 Å². The molecule has 4 aromatic rings. The molecular formula is C26H25ClFN7O2. The molecule has 0 unspecified atom stereocenters. The molecule has 1 aliphatic heterocycles. The molecule has 9 nitrogen and oxygen atoms in total. The van der Waals surface area contributed by atoms with Crippen molar-refractivity contribution in [1.82, 2.24) is 19.5 Å². The van der Waals surface area contributed by atoms with Gasteiger partial charge in [-0.3, -0.25) is 0 Å². The topological polar surface area (TPSA) is 138 Å². The first-order valence-corrected chi connectivity index (χ1v) is 12.4. The molecule has 0 spiro atoms. The third-order valence-electron chi connectivity index (χ3n) is 7.53. The monoisotopic (exact) mass is 521 g/mol. The molecular weight excluding hydrogens is 497 g/mol. The van der Waals surface area contributed by atoms with Gasteiger partial charge in [0.2, 0.25) is 0 Å². The average Bonchev–Trinajstić information content (AvgIpc) is 3.50. The zero-order valence-electron chi connectivity index (χ0n) is 20.3. The smallest absolute Gasteiger partial charge is 0.163 e. The van der Waals surface area contributed by atoms with Crippen LogP contribution in [0.15, 0.2) is 36.8 Å². The van der Waals surface area contributed by atoms with E-state index >= 15 is 0 Å². The number of aromatic nitrogens is 4. The van der Waals surface area contributed by atoms with Gasteiger partial charge in [0.1, 0.15) is 41.6 Å². The van der Waals surface area contributed by atoms with Crippen molar-refractivity contribution in [3.05, 3.63) is 53.2 Å². The molecule has 2 aliphatic rings. The normalized spacial score (nSPS) is 26.5. The fourth-order valence-corrected chi connectivity index (χ4v) is 5.97. The lowest BCUT2D eigenvalue weighted by atomic mass is 9.79. The lowest BCUT2D eigenvalue weighted by Crippen LogP contribution is -2.35. The molecule has 190 valence electrons. The summed E-state index contributed by atoms with van der Waals surface area (Å²) in [6.07, 6.45) is 3.82. The number of aryl methyl sites for hydroxylation is 1. The first-order valence-electron chi connectivity index (χ1n) is 12.0. The van der Waals surface area contributed by atoms with Gasteiger partial charge in [0, 0.05) is 11.6 Å². The van der Waals surface area contributed by atoms with Crippen molar-refractivity contribution >= 4 is 45.2 Å². The summed E-state index contributed by atoms with van der Waals surface area (Å²) in [5.41, 5.74) is 12.8. The third-order valence-corrected chi connectivity index (χ3v) is 7.83. The summed E-state index contributed by atoms with van der Waals surface area (Å²) in [6.45, 7) is 3.69. The van der Waals surface area contributed by atoms with Crippen LogP contribution in [0.3, 0.4) is 0 Å². The highest BCUT2D eigenvalue weighted by molar-refractivity contribution is 6.33. The number of hydrogen-bond donors (Lipinski definition) is 2. The molecule has 0 amide bonds. The maximum atomic E-state index is 14.9. The predicted molar refractivity (Wildman–Crippen MR) is 137 cm³/mol. The highest BCUT2D eigenvalue weighted by atomic mass is 35.5. The van der Waals surface area contributed by atoms with E-state index < -0.39 is 23.1 Å². The van der Waals surface area contributed by atoms with Crippen LogP contribution in [-0.2, 0) is 15.9 Å². The van der Waals surface area contributed by atoms with E-state index in [1.165, 1.54) is 18.5 Å². The molecule has 3 aromatic heterocycles. The summed E-state index contributed by atoms with van der Waals surface area (Å²) in [7, 11) is 0. The van der Waals surface area contributed by atoms with Crippen LogP contribution in [-0.4, -0.2) is 37.5 Å². The molecule has 1 saturated heterocycles. The van der Waals surface area contributed by atoms with Crippen LogP contribution >= 0.6 is 11.6 Å². The van der Waals surface area contributed by atoms with Crippen molar-refractivity contribution in [2.75, 3.05) is 11.5 Å². The second-order valence-electron chi connectivity index (χ2n) is 10.3. The molecule has 0 bridgehead atoms. The number of benzene rings is 1. The van der Waals surface area contributed by atoms with E-state index in [0.29, 0.717) is 47.2 Å². The molecule has 4 N–H and O–H groups in total. The van der Waals surface area contributed by atoms with Crippen LogP contribution in [0.1, 0.15) is 38.3 Å². The Hall–Kier alpha value is -3.52. The van der Waals surface area contributed by atoms with Gasteiger partial charge in [0.15, 0.2) is 5.79 Å². The first kappa shape index (κ1) is 23.9. The number of fused-ring (bicyclic) bond motifs is 3. The summed E-state index contributed by atoms with van der Waals surface area (Å²) < 4.78 is 29.6. The molecule has 1 aliphatic carbocycles. The van der Waals surface area contributed by atoms with Gasteiger partial charge < -0.3 is 25.5 Å². The number of rotatable bonds is 4. The molecule has 1 saturated carbocycles. The molecule has 0 radical (unpaired) electrons. The predicted octanol–water partition coefficient (Wildman–Crippen LogP) is 4.54. The molecule has 1 aromatic carbocycles. The fourth-order valence-electron chi connectivity index (χ4n) is 5.82. The van der Waals surface area contributed by atoms with Gasteiger partial charge in [-0.2, -0.15) is 5.26 Å². The standard InChI is InChI=1S/C26H25ClFN7O2/c1-25(2)36-20-19(35-6-4-14-22(30)32-12-33-24(14)35)10-26(11-29,21(20)37-25)5-3-13-7-17(28)15-9-16(27)23(31)34-18(15)8-13/h4,6-9,12,19-21H,3,5,10H2,1-2H3,(H2,31,34)(H2,30,32,33)/t19-,20+,21+,26+/m1/s1. The zero-order valence-corrected chi connectivity index (χ0v) is 21.0. The highest BCUT2D eigenvalue weighted by Crippen LogP contribution is 2.55. The van der Waals surface area contributed by atoms with Gasteiger partial charge in [-0.05, 0) is 62.9 Å². The van der Waals surface area contributed by atoms with E-state index in [1.807, 2.05) is 30.7 Å². The van der Waals surface area contributed by atoms with Crippen molar-refractivity contribution < 1.29 is 13.9 Å². The number of nitrogen functional groups attached to an aromatic ring is 2. The van der Waals surface area contributed by atoms with Crippen molar-refractivity contribution in [3.8, 4) is 6.07 Å². The van der Waals surface area contributed by atoms with Gasteiger partial charge in [-0.15, -0.1) is 0 Å². The number of anilines is 2. The second-order valence-corrected chi connectivity index (χ2v) is 10.7. The Labute approximate surface area is 217 Å². The summed E-state index contributed by atoms with van der Waals surface area (Å²) in [6, 6.07) is 8.93. The maximum absolute atomic E-state index is 14.9. The number of hydrogen-bond acceptors (Lipinski definition) is 8. The van der Waals surface area contributed by atoms with Crippen LogP contribution in [0.5, 0.6) is 0 Å². The number of nitrogens with zero attached hydrogens (tertiary/aromatic N) is 5. The Kier molecular flexibility index (Phi) is 5.32. The van der Waals surface area contributed by atoms with E-state index in [0.717, 1.165) is 5.39 Å². The second kappa shape index (κ2) is 8.25. The lowest BCUT2D eigenvalue weighted by Gasteiger charge is -2.29. The minimum atomic E-state index is -0.879. The summed E-state index contributed by atoms with van der Waals surface area (Å²) in [4.78, 5) is 12.8. The molecule has 2 fully saturated rings. The van der Waals surface area contributed by atoms with Crippen LogP contribution in [0.25, 0.3) is 21.9 Å². The summed E-state index contributed by atoms with van der Waals surface area (Å²) in [5, 5.41) is 11.8. The van der Waals surface area contributed by atoms with E-state index in [4.69, 9.17) is 32.5 Å². The Bertz CT molecular complexity index is 1600. The SMILES string of the molecule is CC1(C)O[C@H]2[C@H](n3ccc4c(N)ncnc43)C[C@](C#N)(CCc3cc(F)c4cc(Cl)c(N)nc4c3)[C@H]2O1. The van der Waals surface area contributed by atoms with Gasteiger partial charge in [0.25, 0.3) is 0 Å². The van der Waals surface area contributed by atoms with Crippen molar-refractivity contribution in [2.45, 2.75) is 57.1 Å². The zero-order chi connectivity index (χ0) is 26.1. The van der Waals surface area contributed by atoms with Crippen LogP contribution in [0.4, 0.5) is 16.0 Å². The Morgan fingerprint density at radius 1 is 1.19 bits per heavy atom. The molecule has 6 rings (SSSR count). The Balaban J connectivity index is 1.36. The number of nitrogens with two attached hydrogens (primary N) is 2. The molecule has 4 atom stereocenters. The minimum Gasteiger partial charge on any atom is -0.383 e. The van der Waals surface area contributed by atoms with E-state index in [1.54, 1.807) is 6.07 Å². The van der Waals surface area contributed by atoms with Gasteiger partial charge in [0.05, 0.1) is 33.5 Å². The maximum Gasteiger partial charge on any atom is 0.163 e. The van der Waals surface area contributed by atoms with Crippen LogP contribution in [0, 0.1) is 22.6 Å². The number of halogens is 2. The largest absolute Gasteiger partial charge is 0.383 e. The third kappa shape index (κ3) is 3.77. The number of ether oxygens (including phenoxy) is 2. The average molecular weight is 522 g/mol. The fraction of sp³-hybridized carbons (Fsp3) is 0.385. The van der Waals surface area contributed by atoms with Crippen molar-refractivity contribution in [2.24, 2.45) is 5.41 Å². The van der Waals surface area contributed by atoms with E-state index in [2.05, 4.69) is 21.0 Å². The first-order chi connectivity index (χ1) is 17.6. The summed E-state index contributed by atoms with van der Waals surface area (Å²) in [5.74, 6) is -0.763. The van der Waals surface area contributed by atoms with E-state index in [-0.39, 0.29) is 23.0 Å². The van der Waals surface area contributed by atoms with Crippen LogP contribution in [0.2, 0.25) is 5.02 Å².